The van der Waals surface area contributed by atoms with Crippen LogP contribution in [0.5, 0.6) is 0 Å². The van der Waals surface area contributed by atoms with Gasteiger partial charge in [0, 0.05) is 5.22 Å². The Morgan fingerprint density at radius 2 is 2.27 bits per heavy atom. The summed E-state index contributed by atoms with van der Waals surface area (Å²) in [5, 5.41) is 1.54. The molecule has 4 heteroatoms. The predicted molar refractivity (Wildman–Crippen MR) is 55.2 cm³/mol. The topological polar surface area (TPSA) is 64.7 Å². The van der Waals surface area contributed by atoms with Crippen molar-refractivity contribution in [3.63, 3.8) is 0 Å². The van der Waals surface area contributed by atoms with Crippen molar-refractivity contribution in [2.75, 3.05) is 6.61 Å². The number of ether oxygens (including phenoxy) is 1. The number of hydrogen-bond donors (Lipinski definition) is 1. The van der Waals surface area contributed by atoms with Crippen LogP contribution < -0.4 is 16.3 Å². The van der Waals surface area contributed by atoms with Gasteiger partial charge in [0.2, 0.25) is 0 Å². The van der Waals surface area contributed by atoms with Crippen LogP contribution in [0.3, 0.4) is 0 Å². The van der Waals surface area contributed by atoms with Gasteiger partial charge >= 0.3 is 5.97 Å². The van der Waals surface area contributed by atoms with E-state index in [1.165, 1.54) is 0 Å². The molecule has 1 aromatic carbocycles. The Morgan fingerprint density at radius 1 is 1.53 bits per heavy atom. The lowest BCUT2D eigenvalue weighted by Gasteiger charge is -2.06. The molecule has 4 nitrogen and oxygen atoms in total. The van der Waals surface area contributed by atoms with Crippen LogP contribution in [0, 0.1) is 0 Å². The molecule has 1 aliphatic rings. The van der Waals surface area contributed by atoms with Crippen molar-refractivity contribution in [1.82, 2.24) is 0 Å². The number of benzene rings is 1. The Labute approximate surface area is 87.1 Å². The maximum atomic E-state index is 11.6. The monoisotopic (exact) mass is 204 g/mol. The number of nitrogens with zero attached hydrogens (tertiary/aromatic N) is 1. The Balaban J connectivity index is 2.57. The fourth-order valence-electron chi connectivity index (χ4n) is 1.63. The van der Waals surface area contributed by atoms with Crippen molar-refractivity contribution in [1.29, 1.82) is 0 Å². The zero-order valence-corrected chi connectivity index (χ0v) is 8.43. The summed E-state index contributed by atoms with van der Waals surface area (Å²) in [4.78, 5) is 15.8. The molecule has 0 aliphatic carbocycles. The first-order valence-corrected chi connectivity index (χ1v) is 4.84. The molecule has 1 aliphatic heterocycles. The number of para-hydroxylation sites is 1. The molecular formula is C11H12N2O2. The molecule has 0 fully saturated rings. The molecule has 1 atom stereocenters. The molecule has 2 N–H and O–H groups in total. The van der Waals surface area contributed by atoms with E-state index < -0.39 is 6.17 Å². The van der Waals surface area contributed by atoms with Crippen LogP contribution in [-0.2, 0) is 9.53 Å². The largest absolute Gasteiger partial charge is 0.463 e. The first-order valence-electron chi connectivity index (χ1n) is 4.84. The summed E-state index contributed by atoms with van der Waals surface area (Å²) in [7, 11) is 0. The quantitative estimate of drug-likeness (QED) is 0.649. The van der Waals surface area contributed by atoms with Crippen molar-refractivity contribution in [3.8, 4) is 0 Å². The molecule has 0 radical (unpaired) electrons. The molecule has 15 heavy (non-hydrogen) atoms. The number of carbonyl (C=O) groups excluding carboxylic acids is 1. The highest BCUT2D eigenvalue weighted by atomic mass is 16.5. The van der Waals surface area contributed by atoms with Gasteiger partial charge in [0.15, 0.2) is 0 Å². The fourth-order valence-corrected chi connectivity index (χ4v) is 1.63. The maximum absolute atomic E-state index is 11.6. The third-order valence-corrected chi connectivity index (χ3v) is 2.26. The van der Waals surface area contributed by atoms with Crippen molar-refractivity contribution in [2.24, 2.45) is 10.7 Å². The van der Waals surface area contributed by atoms with Gasteiger partial charge in [-0.2, -0.15) is 0 Å². The maximum Gasteiger partial charge on any atom is 0.338 e. The van der Waals surface area contributed by atoms with Crippen molar-refractivity contribution >= 4 is 11.5 Å². The third kappa shape index (κ3) is 1.64. The van der Waals surface area contributed by atoms with Gasteiger partial charge in [-0.1, -0.05) is 18.2 Å². The molecular weight excluding hydrogens is 192 g/mol. The molecule has 1 aromatic rings. The Morgan fingerprint density at radius 3 is 3.00 bits per heavy atom. The van der Waals surface area contributed by atoms with E-state index in [2.05, 4.69) is 4.99 Å². The Hall–Kier alpha value is -1.68. The fraction of sp³-hybridized carbons (Fsp3) is 0.273. The summed E-state index contributed by atoms with van der Waals surface area (Å²) in [5.41, 5.74) is 6.21. The molecule has 0 spiro atoms. The lowest BCUT2D eigenvalue weighted by molar-refractivity contribution is -0.136. The van der Waals surface area contributed by atoms with Gasteiger partial charge in [0.25, 0.3) is 0 Å². The summed E-state index contributed by atoms with van der Waals surface area (Å²) < 4.78 is 4.94. The Kier molecular flexibility index (Phi) is 2.51. The van der Waals surface area contributed by atoms with Crippen LogP contribution in [0.25, 0.3) is 5.57 Å². The van der Waals surface area contributed by atoms with E-state index in [-0.39, 0.29) is 5.97 Å². The lowest BCUT2D eigenvalue weighted by atomic mass is 10.1. The van der Waals surface area contributed by atoms with E-state index in [1.807, 2.05) is 24.3 Å². The van der Waals surface area contributed by atoms with Crippen LogP contribution in [0.2, 0.25) is 0 Å². The molecule has 0 amide bonds. The zero-order chi connectivity index (χ0) is 10.8. The molecule has 0 saturated carbocycles. The van der Waals surface area contributed by atoms with Gasteiger partial charge in [-0.25, -0.2) is 4.79 Å². The molecule has 0 aromatic heterocycles. The van der Waals surface area contributed by atoms with Crippen LogP contribution >= 0.6 is 0 Å². The highest BCUT2D eigenvalue weighted by Gasteiger charge is 2.23. The van der Waals surface area contributed by atoms with Crippen LogP contribution in [0.4, 0.5) is 0 Å². The molecule has 2 rings (SSSR count). The van der Waals surface area contributed by atoms with Crippen molar-refractivity contribution in [3.05, 3.63) is 34.8 Å². The van der Waals surface area contributed by atoms with E-state index in [4.69, 9.17) is 10.5 Å². The summed E-state index contributed by atoms with van der Waals surface area (Å²) in [5.74, 6) is -0.376. The van der Waals surface area contributed by atoms with E-state index in [9.17, 15) is 4.79 Å². The van der Waals surface area contributed by atoms with Crippen LogP contribution in [0.15, 0.2) is 29.3 Å². The molecule has 0 unspecified atom stereocenters. The highest BCUT2D eigenvalue weighted by Crippen LogP contribution is 2.05. The average molecular weight is 204 g/mol. The number of nitrogens with two attached hydrogens (primary N) is 1. The molecule has 1 heterocycles. The number of carbonyl (C=O) groups is 1. The van der Waals surface area contributed by atoms with E-state index in [1.54, 1.807) is 6.92 Å². The van der Waals surface area contributed by atoms with Gasteiger partial charge in [0.1, 0.15) is 6.17 Å². The van der Waals surface area contributed by atoms with Crippen molar-refractivity contribution in [2.45, 2.75) is 13.1 Å². The number of hydrogen-bond acceptors (Lipinski definition) is 4. The second kappa shape index (κ2) is 3.82. The lowest BCUT2D eigenvalue weighted by Crippen LogP contribution is -2.29. The van der Waals surface area contributed by atoms with Gasteiger partial charge in [-0.3, -0.25) is 4.99 Å². The summed E-state index contributed by atoms with van der Waals surface area (Å²) in [6.45, 7) is 2.11. The second-order valence-corrected chi connectivity index (χ2v) is 3.23. The first kappa shape index (κ1) is 9.86. The smallest absolute Gasteiger partial charge is 0.338 e. The first-order chi connectivity index (χ1) is 7.24. The third-order valence-electron chi connectivity index (χ3n) is 2.26. The number of esters is 1. The van der Waals surface area contributed by atoms with Crippen LogP contribution in [-0.4, -0.2) is 18.7 Å². The number of rotatable bonds is 2. The predicted octanol–water partition coefficient (Wildman–Crippen LogP) is -0.682. The van der Waals surface area contributed by atoms with Gasteiger partial charge in [0.05, 0.1) is 17.5 Å². The van der Waals surface area contributed by atoms with E-state index in [0.29, 0.717) is 12.2 Å². The molecule has 78 valence electrons. The molecule has 0 bridgehead atoms. The summed E-state index contributed by atoms with van der Waals surface area (Å²) in [6.07, 6.45) is -0.596. The van der Waals surface area contributed by atoms with Crippen molar-refractivity contribution < 1.29 is 9.53 Å². The molecule has 0 saturated heterocycles. The normalized spacial score (nSPS) is 18.3. The van der Waals surface area contributed by atoms with E-state index in [0.717, 1.165) is 10.6 Å². The van der Waals surface area contributed by atoms with Gasteiger partial charge in [-0.05, 0) is 13.0 Å². The number of fused-ring (bicyclic) bond motifs is 1. The minimum absolute atomic E-state index is 0.344. The standard InChI is InChI=1S/C11H12N2O2/c1-2-15-11(14)9-7-5-3-4-6-8(7)13-10(9)12/h3-6,10H,2,12H2,1H3/t10-/m1/s1. The van der Waals surface area contributed by atoms with Gasteiger partial charge < -0.3 is 10.5 Å². The Bertz CT molecular complexity index is 508. The van der Waals surface area contributed by atoms with E-state index >= 15 is 0 Å². The summed E-state index contributed by atoms with van der Waals surface area (Å²) >= 11 is 0. The zero-order valence-electron chi connectivity index (χ0n) is 8.43. The minimum Gasteiger partial charge on any atom is -0.463 e. The highest BCUT2D eigenvalue weighted by molar-refractivity contribution is 6.11. The second-order valence-electron chi connectivity index (χ2n) is 3.23. The average Bonchev–Trinajstić information content (AvgIpc) is 2.54. The van der Waals surface area contributed by atoms with Crippen LogP contribution in [0.1, 0.15) is 6.92 Å². The van der Waals surface area contributed by atoms with Gasteiger partial charge in [-0.15, -0.1) is 0 Å². The SMILES string of the molecule is CCOC(=O)C1=c2ccccc2=N[C@H]1N. The minimum atomic E-state index is -0.596. The summed E-state index contributed by atoms with van der Waals surface area (Å²) in [6, 6.07) is 7.38.